The molecular weight excluding hydrogens is 284 g/mol. The average molecular weight is 308 g/mol. The highest BCUT2D eigenvalue weighted by Crippen LogP contribution is 2.37. The fourth-order valence-electron chi connectivity index (χ4n) is 2.80. The zero-order chi connectivity index (χ0) is 16.0. The standard InChI is InChI=1S/C16H24N2O2S/c1-5-8-12(9-6-2)18(7-3)15-11(4)14(16(19)20)13(10-17)21-15/h12H,5-9H2,1-4H3,(H,19,20). The molecule has 1 N–H and O–H groups in total. The predicted molar refractivity (Wildman–Crippen MR) is 87.4 cm³/mol. The first-order valence-corrected chi connectivity index (χ1v) is 8.36. The molecule has 0 atom stereocenters. The minimum Gasteiger partial charge on any atom is -0.478 e. The van der Waals surface area contributed by atoms with E-state index < -0.39 is 5.97 Å². The van der Waals surface area contributed by atoms with Gasteiger partial charge in [-0.25, -0.2) is 4.79 Å². The zero-order valence-corrected chi connectivity index (χ0v) is 14.1. The minimum atomic E-state index is -1.01. The van der Waals surface area contributed by atoms with Crippen molar-refractivity contribution in [3.05, 3.63) is 16.0 Å². The van der Waals surface area contributed by atoms with Gasteiger partial charge >= 0.3 is 5.97 Å². The van der Waals surface area contributed by atoms with Gasteiger partial charge < -0.3 is 10.0 Å². The van der Waals surface area contributed by atoms with Crippen molar-refractivity contribution in [2.45, 2.75) is 59.4 Å². The fraction of sp³-hybridized carbons (Fsp3) is 0.625. The lowest BCUT2D eigenvalue weighted by Gasteiger charge is -2.32. The van der Waals surface area contributed by atoms with Crippen molar-refractivity contribution in [2.75, 3.05) is 11.4 Å². The van der Waals surface area contributed by atoms with Gasteiger partial charge in [-0.1, -0.05) is 26.7 Å². The van der Waals surface area contributed by atoms with Gasteiger partial charge in [0, 0.05) is 12.6 Å². The fourth-order valence-corrected chi connectivity index (χ4v) is 4.03. The second-order valence-corrected chi connectivity index (χ2v) is 6.17. The van der Waals surface area contributed by atoms with Gasteiger partial charge in [-0.2, -0.15) is 5.26 Å². The van der Waals surface area contributed by atoms with Crippen LogP contribution in [0.4, 0.5) is 5.00 Å². The Kier molecular flexibility index (Phi) is 6.70. The lowest BCUT2D eigenvalue weighted by molar-refractivity contribution is 0.0696. The Morgan fingerprint density at radius 2 is 1.90 bits per heavy atom. The van der Waals surface area contributed by atoms with E-state index in [4.69, 9.17) is 0 Å². The van der Waals surface area contributed by atoms with Gasteiger partial charge in [0.1, 0.15) is 10.9 Å². The zero-order valence-electron chi connectivity index (χ0n) is 13.3. The summed E-state index contributed by atoms with van der Waals surface area (Å²) in [6.07, 6.45) is 4.37. The first-order chi connectivity index (χ1) is 10.0. The summed E-state index contributed by atoms with van der Waals surface area (Å²) in [5, 5.41) is 19.5. The van der Waals surface area contributed by atoms with Gasteiger partial charge in [-0.05, 0) is 32.3 Å². The Bertz CT molecular complexity index is 525. The lowest BCUT2D eigenvalue weighted by Crippen LogP contribution is -2.35. The van der Waals surface area contributed by atoms with E-state index in [0.29, 0.717) is 10.9 Å². The summed E-state index contributed by atoms with van der Waals surface area (Å²) in [5.74, 6) is -1.01. The second-order valence-electron chi connectivity index (χ2n) is 5.17. The van der Waals surface area contributed by atoms with Gasteiger partial charge in [-0.15, -0.1) is 11.3 Å². The van der Waals surface area contributed by atoms with Crippen molar-refractivity contribution in [3.8, 4) is 6.07 Å². The van der Waals surface area contributed by atoms with E-state index in [1.54, 1.807) is 0 Å². The lowest BCUT2D eigenvalue weighted by atomic mass is 10.0. The molecule has 1 aromatic rings. The molecule has 0 aliphatic heterocycles. The molecule has 0 fully saturated rings. The maximum Gasteiger partial charge on any atom is 0.338 e. The summed E-state index contributed by atoms with van der Waals surface area (Å²) < 4.78 is 0. The minimum absolute atomic E-state index is 0.169. The number of nitriles is 1. The number of carboxylic acids is 1. The molecule has 21 heavy (non-hydrogen) atoms. The van der Waals surface area contributed by atoms with E-state index >= 15 is 0 Å². The summed E-state index contributed by atoms with van der Waals surface area (Å²) in [7, 11) is 0. The Labute approximate surface area is 131 Å². The number of carboxylic acid groups (broad SMARTS) is 1. The molecule has 0 aliphatic carbocycles. The van der Waals surface area contributed by atoms with E-state index in [0.717, 1.165) is 42.8 Å². The maximum absolute atomic E-state index is 11.4. The average Bonchev–Trinajstić information content (AvgIpc) is 2.77. The van der Waals surface area contributed by atoms with Crippen LogP contribution in [-0.2, 0) is 0 Å². The smallest absolute Gasteiger partial charge is 0.338 e. The summed E-state index contributed by atoms with van der Waals surface area (Å²) >= 11 is 1.31. The Morgan fingerprint density at radius 3 is 2.24 bits per heavy atom. The van der Waals surface area contributed by atoms with Crippen molar-refractivity contribution in [1.29, 1.82) is 5.26 Å². The molecule has 0 spiro atoms. The summed E-state index contributed by atoms with van der Waals surface area (Å²) in [6, 6.07) is 2.44. The van der Waals surface area contributed by atoms with Crippen LogP contribution in [0.3, 0.4) is 0 Å². The molecule has 0 amide bonds. The molecule has 4 nitrogen and oxygen atoms in total. The van der Waals surface area contributed by atoms with E-state index in [1.165, 1.54) is 11.3 Å². The molecule has 1 aromatic heterocycles. The van der Waals surface area contributed by atoms with Crippen LogP contribution >= 0.6 is 11.3 Å². The highest BCUT2D eigenvalue weighted by molar-refractivity contribution is 7.17. The van der Waals surface area contributed by atoms with Gasteiger partial charge in [0.05, 0.1) is 10.6 Å². The third-order valence-corrected chi connectivity index (χ3v) is 4.96. The number of nitrogens with zero attached hydrogens (tertiary/aromatic N) is 2. The molecule has 0 saturated heterocycles. The van der Waals surface area contributed by atoms with Gasteiger partial charge in [-0.3, -0.25) is 0 Å². The van der Waals surface area contributed by atoms with Crippen molar-refractivity contribution in [3.63, 3.8) is 0 Å². The summed E-state index contributed by atoms with van der Waals surface area (Å²) in [5.41, 5.74) is 0.894. The Morgan fingerprint density at radius 1 is 1.33 bits per heavy atom. The predicted octanol–water partition coefficient (Wildman–Crippen LogP) is 4.42. The van der Waals surface area contributed by atoms with Crippen LogP contribution in [0.5, 0.6) is 0 Å². The number of hydrogen-bond donors (Lipinski definition) is 1. The van der Waals surface area contributed by atoms with Crippen LogP contribution in [0.2, 0.25) is 0 Å². The van der Waals surface area contributed by atoms with Gasteiger partial charge in [0.15, 0.2) is 0 Å². The Balaban J connectivity index is 3.28. The first-order valence-electron chi connectivity index (χ1n) is 7.55. The van der Waals surface area contributed by atoms with Crippen LogP contribution in [-0.4, -0.2) is 23.7 Å². The molecular formula is C16H24N2O2S. The first kappa shape index (κ1) is 17.5. The van der Waals surface area contributed by atoms with Gasteiger partial charge in [0.25, 0.3) is 0 Å². The van der Waals surface area contributed by atoms with Crippen molar-refractivity contribution >= 4 is 22.3 Å². The number of aromatic carboxylic acids is 1. The molecule has 116 valence electrons. The van der Waals surface area contributed by atoms with Gasteiger partial charge in [0.2, 0.25) is 0 Å². The van der Waals surface area contributed by atoms with Crippen molar-refractivity contribution in [2.24, 2.45) is 0 Å². The molecule has 1 rings (SSSR count). The van der Waals surface area contributed by atoms with E-state index in [-0.39, 0.29) is 5.56 Å². The number of thiophene rings is 1. The molecule has 0 aromatic carbocycles. The number of rotatable bonds is 8. The van der Waals surface area contributed by atoms with E-state index in [9.17, 15) is 15.2 Å². The summed E-state index contributed by atoms with van der Waals surface area (Å²) in [4.78, 5) is 14.0. The molecule has 0 aliphatic rings. The Hall–Kier alpha value is -1.54. The number of carbonyl (C=O) groups is 1. The second kappa shape index (κ2) is 8.04. The normalized spacial score (nSPS) is 10.7. The largest absolute Gasteiger partial charge is 0.478 e. The third-order valence-electron chi connectivity index (χ3n) is 3.72. The van der Waals surface area contributed by atoms with Crippen molar-refractivity contribution < 1.29 is 9.90 Å². The third kappa shape index (κ3) is 3.76. The van der Waals surface area contributed by atoms with Crippen LogP contribution in [0.1, 0.15) is 67.3 Å². The van der Waals surface area contributed by atoms with Crippen LogP contribution < -0.4 is 4.90 Å². The molecule has 0 saturated carbocycles. The molecule has 0 radical (unpaired) electrons. The maximum atomic E-state index is 11.4. The van der Waals surface area contributed by atoms with Crippen LogP contribution in [0.25, 0.3) is 0 Å². The van der Waals surface area contributed by atoms with Crippen molar-refractivity contribution in [1.82, 2.24) is 0 Å². The van der Waals surface area contributed by atoms with Crippen LogP contribution in [0, 0.1) is 18.3 Å². The SMILES string of the molecule is CCCC(CCC)N(CC)c1sc(C#N)c(C(=O)O)c1C. The monoisotopic (exact) mass is 308 g/mol. The quantitative estimate of drug-likeness (QED) is 0.772. The topological polar surface area (TPSA) is 64.3 Å². The number of anilines is 1. The highest BCUT2D eigenvalue weighted by Gasteiger charge is 2.26. The van der Waals surface area contributed by atoms with E-state index in [2.05, 4.69) is 25.7 Å². The highest BCUT2D eigenvalue weighted by atomic mass is 32.1. The molecule has 0 bridgehead atoms. The summed E-state index contributed by atoms with van der Waals surface area (Å²) in [6.45, 7) is 9.07. The molecule has 5 heteroatoms. The molecule has 0 unspecified atom stereocenters. The number of hydrogen-bond acceptors (Lipinski definition) is 4. The van der Waals surface area contributed by atoms with Crippen LogP contribution in [0.15, 0.2) is 0 Å². The van der Waals surface area contributed by atoms with E-state index in [1.807, 2.05) is 13.0 Å². The molecule has 1 heterocycles.